The van der Waals surface area contributed by atoms with E-state index in [0.29, 0.717) is 11.8 Å². The van der Waals surface area contributed by atoms with E-state index in [1.54, 1.807) is 65.0 Å². The molecule has 0 aromatic heterocycles. The Labute approximate surface area is 246 Å². The average molecular weight is 581 g/mol. The first-order valence-corrected chi connectivity index (χ1v) is 13.5. The predicted molar refractivity (Wildman–Crippen MR) is 158 cm³/mol. The van der Waals surface area contributed by atoms with Gasteiger partial charge in [-0.3, -0.25) is 14.4 Å². The van der Waals surface area contributed by atoms with E-state index in [4.69, 9.17) is 10.5 Å². The van der Waals surface area contributed by atoms with E-state index in [1.165, 1.54) is 4.90 Å². The lowest BCUT2D eigenvalue weighted by Crippen LogP contribution is -2.53. The molecule has 0 aliphatic heterocycles. The topological polar surface area (TPSA) is 172 Å². The van der Waals surface area contributed by atoms with Crippen molar-refractivity contribution in [2.45, 2.75) is 65.3 Å². The standard InChI is InChI=1S/C30H40N6O6/c1-20(2)26(33-27(39)22-14-10-7-11-15-22)28(40)36(17-21-12-8-6-9-13-21)18-24(38)32-23(19-37)16-25(34-35-29(31)41)42-30(3,4)5/h6-15,19-20,23,26H,16-18H2,1-5H3,(H,32,38)(H,33,39)(H3,31,35,41)/t23-,26-/m0/s1. The molecule has 12 nitrogen and oxygen atoms in total. The molecule has 0 aliphatic carbocycles. The number of hydrogen-bond donors (Lipinski definition) is 4. The van der Waals surface area contributed by atoms with Gasteiger partial charge in [0, 0.05) is 12.1 Å². The van der Waals surface area contributed by atoms with Crippen molar-refractivity contribution in [3.63, 3.8) is 0 Å². The van der Waals surface area contributed by atoms with Gasteiger partial charge in [-0.15, -0.1) is 5.10 Å². The fourth-order valence-electron chi connectivity index (χ4n) is 3.87. The molecule has 0 heterocycles. The van der Waals surface area contributed by atoms with Gasteiger partial charge in [-0.1, -0.05) is 62.4 Å². The molecule has 2 aromatic carbocycles. The zero-order valence-corrected chi connectivity index (χ0v) is 24.6. The molecule has 0 radical (unpaired) electrons. The smallest absolute Gasteiger partial charge is 0.332 e. The molecule has 42 heavy (non-hydrogen) atoms. The van der Waals surface area contributed by atoms with Crippen molar-refractivity contribution >= 4 is 35.9 Å². The monoisotopic (exact) mass is 580 g/mol. The maximum absolute atomic E-state index is 13.8. The normalized spacial score (nSPS) is 13.0. The van der Waals surface area contributed by atoms with Crippen LogP contribution in [0.2, 0.25) is 0 Å². The van der Waals surface area contributed by atoms with Crippen LogP contribution >= 0.6 is 0 Å². The Morgan fingerprint density at radius 1 is 0.976 bits per heavy atom. The number of aldehydes is 1. The van der Waals surface area contributed by atoms with Gasteiger partial charge in [-0.25, -0.2) is 10.2 Å². The van der Waals surface area contributed by atoms with Crippen LogP contribution in [-0.2, 0) is 25.7 Å². The third-order valence-electron chi connectivity index (χ3n) is 5.74. The number of carbonyl (C=O) groups excluding carboxylic acids is 5. The number of amides is 5. The van der Waals surface area contributed by atoms with E-state index < -0.39 is 48.0 Å². The van der Waals surface area contributed by atoms with Gasteiger partial charge < -0.3 is 30.8 Å². The molecule has 0 saturated carbocycles. The SMILES string of the molecule is CC(C)[C@H](NC(=O)c1ccccc1)C(=O)N(CC(=O)N[C@H](C=O)CC(=NNC(N)=O)OC(C)(C)C)Cc1ccccc1. The maximum atomic E-state index is 13.8. The van der Waals surface area contributed by atoms with Crippen LogP contribution in [0.1, 0.15) is 57.0 Å². The number of nitrogens with one attached hydrogen (secondary N) is 3. The molecule has 5 amide bonds. The van der Waals surface area contributed by atoms with Gasteiger partial charge in [0.2, 0.25) is 17.7 Å². The second-order valence-corrected chi connectivity index (χ2v) is 11.0. The molecule has 0 aliphatic rings. The van der Waals surface area contributed by atoms with Crippen molar-refractivity contribution in [2.24, 2.45) is 16.8 Å². The largest absolute Gasteiger partial charge is 0.474 e. The minimum Gasteiger partial charge on any atom is -0.474 e. The number of hydrazone groups is 1. The molecule has 0 fully saturated rings. The van der Waals surface area contributed by atoms with Gasteiger partial charge in [0.1, 0.15) is 17.9 Å². The van der Waals surface area contributed by atoms with Gasteiger partial charge >= 0.3 is 6.03 Å². The highest BCUT2D eigenvalue weighted by Gasteiger charge is 2.31. The van der Waals surface area contributed by atoms with Gasteiger partial charge in [0.25, 0.3) is 5.91 Å². The Bertz CT molecular complexity index is 1240. The summed E-state index contributed by atoms with van der Waals surface area (Å²) in [6.07, 6.45) is 0.325. The summed E-state index contributed by atoms with van der Waals surface area (Å²) in [7, 11) is 0. The first-order chi connectivity index (χ1) is 19.8. The van der Waals surface area contributed by atoms with Crippen molar-refractivity contribution in [3.05, 3.63) is 71.8 Å². The summed E-state index contributed by atoms with van der Waals surface area (Å²) in [5, 5.41) is 9.18. The second-order valence-electron chi connectivity index (χ2n) is 11.0. The molecule has 2 aromatic rings. The van der Waals surface area contributed by atoms with Crippen LogP contribution in [0.5, 0.6) is 0 Å². The van der Waals surface area contributed by atoms with Crippen molar-refractivity contribution in [1.82, 2.24) is 21.0 Å². The lowest BCUT2D eigenvalue weighted by Gasteiger charge is -2.30. The quantitative estimate of drug-likeness (QED) is 0.123. The lowest BCUT2D eigenvalue weighted by molar-refractivity contribution is -0.139. The summed E-state index contributed by atoms with van der Waals surface area (Å²) in [6.45, 7) is 8.53. The fraction of sp³-hybridized carbons (Fsp3) is 0.400. The summed E-state index contributed by atoms with van der Waals surface area (Å²) in [5.41, 5.74) is 7.60. The highest BCUT2D eigenvalue weighted by atomic mass is 16.5. The number of benzene rings is 2. The van der Waals surface area contributed by atoms with E-state index >= 15 is 0 Å². The van der Waals surface area contributed by atoms with Gasteiger partial charge in [-0.05, 0) is 44.4 Å². The highest BCUT2D eigenvalue weighted by molar-refractivity contribution is 5.98. The molecule has 0 unspecified atom stereocenters. The number of primary amides is 1. The van der Waals surface area contributed by atoms with Gasteiger partial charge in [0.15, 0.2) is 0 Å². The van der Waals surface area contributed by atoms with E-state index in [-0.39, 0.29) is 24.8 Å². The number of ether oxygens (including phenoxy) is 1. The van der Waals surface area contributed by atoms with Crippen LogP contribution in [0.3, 0.4) is 0 Å². The fourth-order valence-corrected chi connectivity index (χ4v) is 3.87. The molecule has 2 atom stereocenters. The first-order valence-electron chi connectivity index (χ1n) is 13.5. The maximum Gasteiger partial charge on any atom is 0.332 e. The lowest BCUT2D eigenvalue weighted by atomic mass is 10.0. The summed E-state index contributed by atoms with van der Waals surface area (Å²) < 4.78 is 5.70. The Hall–Kier alpha value is -4.74. The number of urea groups is 1. The molecule has 5 N–H and O–H groups in total. The van der Waals surface area contributed by atoms with E-state index in [9.17, 15) is 24.0 Å². The number of carbonyl (C=O) groups is 5. The molecule has 2 rings (SSSR count). The molecule has 0 spiro atoms. The highest BCUT2D eigenvalue weighted by Crippen LogP contribution is 2.13. The molecule has 0 bridgehead atoms. The zero-order chi connectivity index (χ0) is 31.3. The number of nitrogens with two attached hydrogens (primary N) is 1. The van der Waals surface area contributed by atoms with Crippen molar-refractivity contribution < 1.29 is 28.7 Å². The molecular weight excluding hydrogens is 540 g/mol. The number of nitrogens with zero attached hydrogens (tertiary/aromatic N) is 2. The third-order valence-corrected chi connectivity index (χ3v) is 5.74. The van der Waals surface area contributed by atoms with E-state index in [1.807, 2.05) is 30.3 Å². The summed E-state index contributed by atoms with van der Waals surface area (Å²) >= 11 is 0. The second kappa shape index (κ2) is 15.9. The van der Waals surface area contributed by atoms with Crippen LogP contribution in [0.15, 0.2) is 65.8 Å². The Morgan fingerprint density at radius 2 is 1.57 bits per heavy atom. The van der Waals surface area contributed by atoms with Crippen LogP contribution in [0.25, 0.3) is 0 Å². The predicted octanol–water partition coefficient (Wildman–Crippen LogP) is 2.34. The molecule has 12 heteroatoms. The molecular formula is C30H40N6O6. The molecule has 226 valence electrons. The first kappa shape index (κ1) is 33.5. The van der Waals surface area contributed by atoms with E-state index in [2.05, 4.69) is 21.2 Å². The van der Waals surface area contributed by atoms with E-state index in [0.717, 1.165) is 5.56 Å². The van der Waals surface area contributed by atoms with Crippen LogP contribution < -0.4 is 21.8 Å². The van der Waals surface area contributed by atoms with Crippen molar-refractivity contribution in [1.29, 1.82) is 0 Å². The average Bonchev–Trinajstić information content (AvgIpc) is 2.93. The summed E-state index contributed by atoms with van der Waals surface area (Å²) in [4.78, 5) is 64.2. The summed E-state index contributed by atoms with van der Waals surface area (Å²) in [5.74, 6) is -1.81. The summed E-state index contributed by atoms with van der Waals surface area (Å²) in [6, 6.07) is 14.7. The van der Waals surface area contributed by atoms with Gasteiger partial charge in [-0.2, -0.15) is 0 Å². The molecule has 0 saturated heterocycles. The van der Waals surface area contributed by atoms with Crippen LogP contribution in [-0.4, -0.2) is 65.1 Å². The Balaban J connectivity index is 2.25. The van der Waals surface area contributed by atoms with Gasteiger partial charge in [0.05, 0.1) is 19.0 Å². The van der Waals surface area contributed by atoms with Crippen molar-refractivity contribution in [3.8, 4) is 0 Å². The van der Waals surface area contributed by atoms with Crippen LogP contribution in [0, 0.1) is 5.92 Å². The number of rotatable bonds is 13. The zero-order valence-electron chi connectivity index (χ0n) is 24.6. The van der Waals surface area contributed by atoms with Crippen LogP contribution in [0.4, 0.5) is 4.79 Å². The minimum absolute atomic E-state index is 0.0283. The third kappa shape index (κ3) is 11.8. The Morgan fingerprint density at radius 3 is 2.10 bits per heavy atom. The Kier molecular flexibility index (Phi) is 12.7. The van der Waals surface area contributed by atoms with Crippen molar-refractivity contribution in [2.75, 3.05) is 6.54 Å². The minimum atomic E-state index is -1.08. The number of hydrogen-bond acceptors (Lipinski definition) is 7.